The fourth-order valence-corrected chi connectivity index (χ4v) is 2.35. The molecule has 20 heavy (non-hydrogen) atoms. The molecule has 0 saturated heterocycles. The normalized spacial score (nSPS) is 13.4. The lowest BCUT2D eigenvalue weighted by Crippen LogP contribution is -2.26. The van der Waals surface area contributed by atoms with Gasteiger partial charge in [-0.2, -0.15) is 0 Å². The molecule has 0 radical (unpaired) electrons. The first-order chi connectivity index (χ1) is 9.78. The highest BCUT2D eigenvalue weighted by atomic mass is 16.2. The lowest BCUT2D eigenvalue weighted by Gasteiger charge is -2.14. The van der Waals surface area contributed by atoms with Gasteiger partial charge in [0.25, 0.3) is 5.91 Å². The highest BCUT2D eigenvalue weighted by Gasteiger charge is 2.28. The van der Waals surface area contributed by atoms with Crippen LogP contribution in [0.3, 0.4) is 0 Å². The zero-order valence-electron chi connectivity index (χ0n) is 11.3. The summed E-state index contributed by atoms with van der Waals surface area (Å²) in [6.07, 6.45) is 2.46. The molecule has 0 saturated carbocycles. The molecule has 1 amide bonds. The molecular weight excluding hydrogens is 252 g/mol. The second-order valence-corrected chi connectivity index (χ2v) is 4.77. The van der Waals surface area contributed by atoms with Crippen molar-refractivity contribution in [3.05, 3.63) is 53.3 Å². The van der Waals surface area contributed by atoms with Crippen LogP contribution in [0, 0.1) is 0 Å². The maximum atomic E-state index is 12.2. The maximum Gasteiger partial charge on any atom is 0.257 e. The molecule has 1 aliphatic heterocycles. The fourth-order valence-electron chi connectivity index (χ4n) is 2.35. The molecule has 0 unspecified atom stereocenters. The van der Waals surface area contributed by atoms with Gasteiger partial charge in [-0.3, -0.25) is 4.79 Å². The standard InChI is InChI=1S/C15H16N4O/c1-16-15-17-9-12-13(18-15)10-19(14(12)20)8-7-11-5-3-2-4-6-11/h2-6,9H,7-8,10H2,1H3,(H,16,17,18). The fraction of sp³-hybridized carbons (Fsp3) is 0.267. The largest absolute Gasteiger partial charge is 0.357 e. The number of carbonyl (C=O) groups excluding carboxylic acids is 1. The monoisotopic (exact) mass is 268 g/mol. The number of fused-ring (bicyclic) bond motifs is 1. The van der Waals surface area contributed by atoms with Crippen LogP contribution in [-0.4, -0.2) is 34.4 Å². The van der Waals surface area contributed by atoms with Crippen molar-refractivity contribution in [2.24, 2.45) is 0 Å². The quantitative estimate of drug-likeness (QED) is 0.917. The van der Waals surface area contributed by atoms with Crippen LogP contribution < -0.4 is 5.32 Å². The van der Waals surface area contributed by atoms with Crippen molar-refractivity contribution in [3.8, 4) is 0 Å². The molecule has 2 heterocycles. The summed E-state index contributed by atoms with van der Waals surface area (Å²) in [6, 6.07) is 10.2. The first kappa shape index (κ1) is 12.6. The lowest BCUT2D eigenvalue weighted by atomic mass is 10.1. The minimum atomic E-state index is 0.0265. The topological polar surface area (TPSA) is 58.1 Å². The van der Waals surface area contributed by atoms with Crippen molar-refractivity contribution in [1.82, 2.24) is 14.9 Å². The van der Waals surface area contributed by atoms with Crippen molar-refractivity contribution in [3.63, 3.8) is 0 Å². The molecule has 0 fully saturated rings. The molecule has 0 atom stereocenters. The van der Waals surface area contributed by atoms with Crippen LogP contribution in [0.2, 0.25) is 0 Å². The predicted octanol–water partition coefficient (Wildman–Crippen LogP) is 1.72. The smallest absolute Gasteiger partial charge is 0.257 e. The van der Waals surface area contributed by atoms with Crippen molar-refractivity contribution in [2.75, 3.05) is 18.9 Å². The van der Waals surface area contributed by atoms with E-state index in [0.717, 1.165) is 12.1 Å². The molecule has 5 heteroatoms. The van der Waals surface area contributed by atoms with Gasteiger partial charge in [-0.05, 0) is 12.0 Å². The Morgan fingerprint density at radius 3 is 2.85 bits per heavy atom. The van der Waals surface area contributed by atoms with Crippen LogP contribution >= 0.6 is 0 Å². The minimum Gasteiger partial charge on any atom is -0.357 e. The highest BCUT2D eigenvalue weighted by Crippen LogP contribution is 2.21. The minimum absolute atomic E-state index is 0.0265. The zero-order chi connectivity index (χ0) is 13.9. The van der Waals surface area contributed by atoms with Crippen molar-refractivity contribution in [1.29, 1.82) is 0 Å². The number of amides is 1. The lowest BCUT2D eigenvalue weighted by molar-refractivity contribution is 0.0780. The van der Waals surface area contributed by atoms with Gasteiger partial charge in [0.1, 0.15) is 0 Å². The maximum absolute atomic E-state index is 12.2. The van der Waals surface area contributed by atoms with E-state index in [1.54, 1.807) is 13.2 Å². The van der Waals surface area contributed by atoms with E-state index in [4.69, 9.17) is 0 Å². The van der Waals surface area contributed by atoms with Gasteiger partial charge in [-0.15, -0.1) is 0 Å². The van der Waals surface area contributed by atoms with Crippen LogP contribution in [0.4, 0.5) is 5.95 Å². The average molecular weight is 268 g/mol. The molecule has 102 valence electrons. The van der Waals surface area contributed by atoms with Crippen molar-refractivity contribution in [2.45, 2.75) is 13.0 Å². The zero-order valence-corrected chi connectivity index (χ0v) is 11.3. The number of carbonyl (C=O) groups is 1. The SMILES string of the molecule is CNc1ncc2c(n1)CN(CCc1ccccc1)C2=O. The summed E-state index contributed by atoms with van der Waals surface area (Å²) in [5, 5.41) is 2.89. The summed E-state index contributed by atoms with van der Waals surface area (Å²) in [6.45, 7) is 1.27. The number of hydrogen-bond donors (Lipinski definition) is 1. The van der Waals surface area contributed by atoms with Gasteiger partial charge in [-0.1, -0.05) is 30.3 Å². The van der Waals surface area contributed by atoms with Gasteiger partial charge in [-0.25, -0.2) is 9.97 Å². The van der Waals surface area contributed by atoms with Crippen LogP contribution in [0.5, 0.6) is 0 Å². The third-order valence-corrected chi connectivity index (χ3v) is 3.46. The molecule has 1 aromatic carbocycles. The summed E-state index contributed by atoms with van der Waals surface area (Å²) >= 11 is 0. The molecule has 2 aromatic rings. The molecule has 0 aliphatic carbocycles. The van der Waals surface area contributed by atoms with E-state index in [-0.39, 0.29) is 5.91 Å². The number of benzene rings is 1. The van der Waals surface area contributed by atoms with Crippen molar-refractivity contribution >= 4 is 11.9 Å². The highest BCUT2D eigenvalue weighted by molar-refractivity contribution is 5.97. The van der Waals surface area contributed by atoms with E-state index in [1.165, 1.54) is 5.56 Å². The second-order valence-electron chi connectivity index (χ2n) is 4.77. The third-order valence-electron chi connectivity index (χ3n) is 3.46. The number of anilines is 1. The van der Waals surface area contributed by atoms with Crippen LogP contribution in [-0.2, 0) is 13.0 Å². The number of hydrogen-bond acceptors (Lipinski definition) is 4. The predicted molar refractivity (Wildman–Crippen MR) is 76.5 cm³/mol. The summed E-state index contributed by atoms with van der Waals surface area (Å²) in [7, 11) is 1.77. The summed E-state index contributed by atoms with van der Waals surface area (Å²) in [5.41, 5.74) is 2.66. The summed E-state index contributed by atoms with van der Waals surface area (Å²) in [4.78, 5) is 22.5. The molecule has 3 rings (SSSR count). The Morgan fingerprint density at radius 2 is 2.10 bits per heavy atom. The number of nitrogens with one attached hydrogen (secondary N) is 1. The van der Waals surface area contributed by atoms with E-state index >= 15 is 0 Å². The van der Waals surface area contributed by atoms with E-state index in [9.17, 15) is 4.79 Å². The van der Waals surface area contributed by atoms with Gasteiger partial charge < -0.3 is 10.2 Å². The first-order valence-electron chi connectivity index (χ1n) is 6.65. The van der Waals surface area contributed by atoms with Crippen LogP contribution in [0.1, 0.15) is 21.6 Å². The molecule has 1 aromatic heterocycles. The van der Waals surface area contributed by atoms with Crippen LogP contribution in [0.15, 0.2) is 36.5 Å². The number of aromatic nitrogens is 2. The van der Waals surface area contributed by atoms with Gasteiger partial charge in [0.15, 0.2) is 0 Å². The molecular formula is C15H16N4O. The van der Waals surface area contributed by atoms with E-state index < -0.39 is 0 Å². The Labute approximate surface area is 117 Å². The first-order valence-corrected chi connectivity index (χ1v) is 6.65. The Hall–Kier alpha value is -2.43. The molecule has 5 nitrogen and oxygen atoms in total. The van der Waals surface area contributed by atoms with Gasteiger partial charge in [0, 0.05) is 19.8 Å². The van der Waals surface area contributed by atoms with Crippen molar-refractivity contribution < 1.29 is 4.79 Å². The Morgan fingerprint density at radius 1 is 1.30 bits per heavy atom. The summed E-state index contributed by atoms with van der Waals surface area (Å²) < 4.78 is 0. The average Bonchev–Trinajstić information content (AvgIpc) is 2.82. The van der Waals surface area contributed by atoms with Gasteiger partial charge in [0.05, 0.1) is 17.8 Å². The number of rotatable bonds is 4. The molecule has 1 aliphatic rings. The second kappa shape index (κ2) is 5.28. The Balaban J connectivity index is 1.70. The van der Waals surface area contributed by atoms with E-state index in [0.29, 0.717) is 24.6 Å². The molecule has 0 bridgehead atoms. The van der Waals surface area contributed by atoms with E-state index in [2.05, 4.69) is 27.4 Å². The Bertz CT molecular complexity index is 627. The van der Waals surface area contributed by atoms with E-state index in [1.807, 2.05) is 23.1 Å². The molecule has 0 spiro atoms. The van der Waals surface area contributed by atoms with Gasteiger partial charge >= 0.3 is 0 Å². The number of nitrogens with zero attached hydrogens (tertiary/aromatic N) is 3. The summed E-state index contributed by atoms with van der Waals surface area (Å²) in [5.74, 6) is 0.583. The van der Waals surface area contributed by atoms with Gasteiger partial charge in [0.2, 0.25) is 5.95 Å². The van der Waals surface area contributed by atoms with Crippen LogP contribution in [0.25, 0.3) is 0 Å². The molecule has 1 N–H and O–H groups in total. The Kier molecular flexibility index (Phi) is 3.33. The third kappa shape index (κ3) is 2.34.